The van der Waals surface area contributed by atoms with Gasteiger partial charge in [-0.1, -0.05) is 6.07 Å². The van der Waals surface area contributed by atoms with Gasteiger partial charge in [0.2, 0.25) is 0 Å². The first-order valence-electron chi connectivity index (χ1n) is 6.05. The van der Waals surface area contributed by atoms with Gasteiger partial charge in [-0.15, -0.1) is 0 Å². The van der Waals surface area contributed by atoms with Crippen molar-refractivity contribution >= 4 is 11.7 Å². The summed E-state index contributed by atoms with van der Waals surface area (Å²) in [5.41, 5.74) is 1.38. The monoisotopic (exact) mass is 257 g/mol. The first-order valence-corrected chi connectivity index (χ1v) is 6.05. The first-order chi connectivity index (χ1) is 9.22. The minimum absolute atomic E-state index is 0.238. The zero-order valence-electron chi connectivity index (χ0n) is 10.8. The number of esters is 1. The molecule has 0 radical (unpaired) electrons. The second-order valence-corrected chi connectivity index (χ2v) is 3.79. The van der Waals surface area contributed by atoms with Gasteiger partial charge in [0.15, 0.2) is 0 Å². The zero-order valence-corrected chi connectivity index (χ0v) is 10.8. The normalized spacial score (nSPS) is 9.21. The molecular weight excluding hydrogens is 242 g/mol. The number of ether oxygens (including phenoxy) is 1. The predicted octanol–water partition coefficient (Wildman–Crippen LogP) is 2.19. The summed E-state index contributed by atoms with van der Waals surface area (Å²) in [7, 11) is 0. The summed E-state index contributed by atoms with van der Waals surface area (Å²) < 4.78 is 4.81. The molecule has 0 heterocycles. The lowest BCUT2D eigenvalue weighted by molar-refractivity contribution is -0.143. The Labute approximate surface area is 112 Å². The van der Waals surface area contributed by atoms with Crippen LogP contribution in [-0.2, 0) is 9.53 Å². The number of hydrogen-bond acceptors (Lipinski definition) is 5. The SMILES string of the molecule is CCOC(=O)CCCNc1c(C#N)cccc1C#N. The zero-order chi connectivity index (χ0) is 14.1. The van der Waals surface area contributed by atoms with Crippen molar-refractivity contribution in [3.8, 4) is 12.1 Å². The second-order valence-electron chi connectivity index (χ2n) is 3.79. The van der Waals surface area contributed by atoms with Crippen LogP contribution in [0, 0.1) is 22.7 Å². The first kappa shape index (κ1) is 14.5. The van der Waals surface area contributed by atoms with Crippen LogP contribution in [0.5, 0.6) is 0 Å². The van der Waals surface area contributed by atoms with Gasteiger partial charge in [0.05, 0.1) is 23.4 Å². The summed E-state index contributed by atoms with van der Waals surface area (Å²) in [6, 6.07) is 9.03. The molecule has 0 aromatic heterocycles. The number of nitriles is 2. The maximum atomic E-state index is 11.1. The smallest absolute Gasteiger partial charge is 0.305 e. The Morgan fingerprint density at radius 3 is 2.47 bits per heavy atom. The van der Waals surface area contributed by atoms with Gasteiger partial charge in [0.1, 0.15) is 12.1 Å². The molecule has 5 nitrogen and oxygen atoms in total. The number of benzene rings is 1. The Hall–Kier alpha value is -2.53. The number of carbonyl (C=O) groups is 1. The highest BCUT2D eigenvalue weighted by Crippen LogP contribution is 2.19. The van der Waals surface area contributed by atoms with Gasteiger partial charge in [-0.05, 0) is 25.5 Å². The fourth-order valence-electron chi connectivity index (χ4n) is 1.61. The van der Waals surface area contributed by atoms with Gasteiger partial charge in [-0.2, -0.15) is 10.5 Å². The largest absolute Gasteiger partial charge is 0.466 e. The molecule has 19 heavy (non-hydrogen) atoms. The quantitative estimate of drug-likeness (QED) is 0.623. The van der Waals surface area contributed by atoms with Gasteiger partial charge in [0, 0.05) is 13.0 Å². The van der Waals surface area contributed by atoms with Gasteiger partial charge in [-0.3, -0.25) is 4.79 Å². The molecule has 1 N–H and O–H groups in total. The Balaban J connectivity index is 2.57. The molecule has 0 saturated heterocycles. The van der Waals surface area contributed by atoms with Crippen LogP contribution in [0.4, 0.5) is 5.69 Å². The molecule has 0 amide bonds. The predicted molar refractivity (Wildman–Crippen MR) is 70.2 cm³/mol. The minimum Gasteiger partial charge on any atom is -0.466 e. The third kappa shape index (κ3) is 4.33. The molecule has 0 saturated carbocycles. The number of hydrogen-bond donors (Lipinski definition) is 1. The van der Waals surface area contributed by atoms with Crippen LogP contribution in [0.25, 0.3) is 0 Å². The molecule has 0 unspecified atom stereocenters. The van der Waals surface area contributed by atoms with Crippen molar-refractivity contribution < 1.29 is 9.53 Å². The summed E-state index contributed by atoms with van der Waals surface area (Å²) in [6.45, 7) is 2.65. The molecule has 0 aliphatic rings. The van der Waals surface area contributed by atoms with Gasteiger partial charge in [-0.25, -0.2) is 0 Å². The second kappa shape index (κ2) is 7.73. The summed E-state index contributed by atoms with van der Waals surface area (Å²) in [5, 5.41) is 21.0. The number of rotatable bonds is 6. The molecule has 0 atom stereocenters. The maximum Gasteiger partial charge on any atom is 0.305 e. The summed E-state index contributed by atoms with van der Waals surface area (Å²) >= 11 is 0. The summed E-state index contributed by atoms with van der Waals surface area (Å²) in [4.78, 5) is 11.1. The van der Waals surface area contributed by atoms with E-state index in [2.05, 4.69) is 5.32 Å². The molecule has 0 aliphatic heterocycles. The van der Waals surface area contributed by atoms with E-state index in [1.54, 1.807) is 25.1 Å². The van der Waals surface area contributed by atoms with E-state index in [4.69, 9.17) is 15.3 Å². The number of carbonyl (C=O) groups excluding carboxylic acids is 1. The highest BCUT2D eigenvalue weighted by atomic mass is 16.5. The van der Waals surface area contributed by atoms with Crippen LogP contribution >= 0.6 is 0 Å². The molecule has 1 rings (SSSR count). The van der Waals surface area contributed by atoms with E-state index in [0.29, 0.717) is 42.8 Å². The van der Waals surface area contributed by atoms with Gasteiger partial charge < -0.3 is 10.1 Å². The average molecular weight is 257 g/mol. The van der Waals surface area contributed by atoms with Crippen LogP contribution in [0.1, 0.15) is 30.9 Å². The fraction of sp³-hybridized carbons (Fsp3) is 0.357. The lowest BCUT2D eigenvalue weighted by atomic mass is 10.1. The van der Waals surface area contributed by atoms with E-state index in [0.717, 1.165) is 0 Å². The molecule has 1 aromatic rings. The molecule has 0 bridgehead atoms. The molecule has 0 aliphatic carbocycles. The molecular formula is C14H15N3O2. The van der Waals surface area contributed by atoms with E-state index in [-0.39, 0.29) is 5.97 Å². The summed E-state index contributed by atoms with van der Waals surface area (Å²) in [5.74, 6) is -0.238. The van der Waals surface area contributed by atoms with Crippen molar-refractivity contribution in [1.82, 2.24) is 0 Å². The lowest BCUT2D eigenvalue weighted by Gasteiger charge is -2.09. The molecule has 1 aromatic carbocycles. The number of nitrogens with zero attached hydrogens (tertiary/aromatic N) is 2. The van der Waals surface area contributed by atoms with Crippen LogP contribution in [0.2, 0.25) is 0 Å². The Morgan fingerprint density at radius 1 is 1.32 bits per heavy atom. The van der Waals surface area contributed by atoms with Crippen LogP contribution in [-0.4, -0.2) is 19.1 Å². The highest BCUT2D eigenvalue weighted by Gasteiger charge is 2.07. The average Bonchev–Trinajstić information content (AvgIpc) is 2.43. The van der Waals surface area contributed by atoms with E-state index in [1.165, 1.54) is 0 Å². The van der Waals surface area contributed by atoms with E-state index in [9.17, 15) is 4.79 Å². The number of nitrogens with one attached hydrogen (secondary N) is 1. The van der Waals surface area contributed by atoms with Crippen molar-refractivity contribution in [1.29, 1.82) is 10.5 Å². The van der Waals surface area contributed by atoms with Crippen LogP contribution in [0.3, 0.4) is 0 Å². The van der Waals surface area contributed by atoms with Crippen LogP contribution in [0.15, 0.2) is 18.2 Å². The third-order valence-electron chi connectivity index (χ3n) is 2.47. The number of anilines is 1. The maximum absolute atomic E-state index is 11.1. The Kier molecular flexibility index (Phi) is 5.91. The van der Waals surface area contributed by atoms with Crippen molar-refractivity contribution in [3.63, 3.8) is 0 Å². The highest BCUT2D eigenvalue weighted by molar-refractivity contribution is 5.69. The Morgan fingerprint density at radius 2 is 1.95 bits per heavy atom. The standard InChI is InChI=1S/C14H15N3O2/c1-2-19-13(18)7-4-8-17-14-11(9-15)5-3-6-12(14)10-16/h3,5-6,17H,2,4,7-8H2,1H3. The van der Waals surface area contributed by atoms with E-state index < -0.39 is 0 Å². The van der Waals surface area contributed by atoms with Crippen molar-refractivity contribution in [2.24, 2.45) is 0 Å². The Bertz CT molecular complexity index is 494. The topological polar surface area (TPSA) is 85.9 Å². The van der Waals surface area contributed by atoms with Crippen LogP contribution < -0.4 is 5.32 Å². The van der Waals surface area contributed by atoms with Crippen molar-refractivity contribution in [2.45, 2.75) is 19.8 Å². The third-order valence-corrected chi connectivity index (χ3v) is 2.47. The minimum atomic E-state index is -0.238. The van der Waals surface area contributed by atoms with Crippen molar-refractivity contribution in [2.75, 3.05) is 18.5 Å². The number of para-hydroxylation sites is 1. The molecule has 98 valence electrons. The van der Waals surface area contributed by atoms with E-state index in [1.807, 2.05) is 12.1 Å². The lowest BCUT2D eigenvalue weighted by Crippen LogP contribution is -2.09. The van der Waals surface area contributed by atoms with Gasteiger partial charge >= 0.3 is 5.97 Å². The molecule has 5 heteroatoms. The molecule has 0 spiro atoms. The molecule has 0 fully saturated rings. The van der Waals surface area contributed by atoms with E-state index >= 15 is 0 Å². The van der Waals surface area contributed by atoms with Crippen molar-refractivity contribution in [3.05, 3.63) is 29.3 Å². The van der Waals surface area contributed by atoms with Gasteiger partial charge in [0.25, 0.3) is 0 Å². The fourth-order valence-corrected chi connectivity index (χ4v) is 1.61. The summed E-state index contributed by atoms with van der Waals surface area (Å²) in [6.07, 6.45) is 0.904.